The summed E-state index contributed by atoms with van der Waals surface area (Å²) in [6.45, 7) is 4.45. The molecule has 182 valence electrons. The van der Waals surface area contributed by atoms with E-state index in [9.17, 15) is 0 Å². The first-order valence-electron chi connectivity index (χ1n) is 11.2. The zero-order valence-corrected chi connectivity index (χ0v) is 22.0. The molecule has 0 bridgehead atoms. The lowest BCUT2D eigenvalue weighted by Gasteiger charge is -2.27. The Morgan fingerprint density at radius 2 is 1.97 bits per heavy atom. The van der Waals surface area contributed by atoms with E-state index in [2.05, 4.69) is 43.0 Å². The summed E-state index contributed by atoms with van der Waals surface area (Å²) in [6.07, 6.45) is 3.56. The zero-order valence-electron chi connectivity index (χ0n) is 19.6. The maximum Gasteiger partial charge on any atom is 0.112 e. The molecule has 0 saturated carbocycles. The van der Waals surface area contributed by atoms with E-state index >= 15 is 0 Å². The van der Waals surface area contributed by atoms with Gasteiger partial charge < -0.3 is 18.5 Å². The summed E-state index contributed by atoms with van der Waals surface area (Å²) >= 11 is 9.76. The summed E-state index contributed by atoms with van der Waals surface area (Å²) in [4.78, 5) is 10.0. The van der Waals surface area contributed by atoms with Gasteiger partial charge in [0, 0.05) is 53.3 Å². The number of hydrogen-bond donors (Lipinski definition) is 1. The van der Waals surface area contributed by atoms with Gasteiger partial charge in [-0.3, -0.25) is 4.98 Å². The molecule has 0 atom stereocenters. The molecule has 0 unspecified atom stereocenters. The van der Waals surface area contributed by atoms with Crippen LogP contribution in [0.1, 0.15) is 6.92 Å². The number of aromatic nitrogens is 2. The normalized spacial score (nSPS) is 13.3. The van der Waals surface area contributed by atoms with Crippen LogP contribution in [0.4, 0.5) is 11.4 Å². The van der Waals surface area contributed by atoms with Crippen LogP contribution in [0.15, 0.2) is 78.0 Å². The van der Waals surface area contributed by atoms with E-state index in [1.807, 2.05) is 49.5 Å². The van der Waals surface area contributed by atoms with Crippen molar-refractivity contribution in [3.63, 3.8) is 0 Å². The van der Waals surface area contributed by atoms with Crippen LogP contribution >= 0.6 is 35.5 Å². The van der Waals surface area contributed by atoms with Gasteiger partial charge in [0.25, 0.3) is 0 Å². The molecule has 3 heterocycles. The third kappa shape index (κ3) is 7.02. The van der Waals surface area contributed by atoms with Crippen molar-refractivity contribution in [1.82, 2.24) is 9.97 Å². The summed E-state index contributed by atoms with van der Waals surface area (Å²) in [5.74, 6) is 0.708. The first-order valence-corrected chi connectivity index (χ1v) is 13.3. The predicted octanol–water partition coefficient (Wildman–Crippen LogP) is 7.16. The SMILES string of the molecule is CCOC.Clc1ccc(NSc2ccc(N3CCOCS3)cc2)cc1-c1ccc2cnccc2n1. The highest BCUT2D eigenvalue weighted by Gasteiger charge is 2.12. The van der Waals surface area contributed by atoms with Gasteiger partial charge >= 0.3 is 0 Å². The van der Waals surface area contributed by atoms with Crippen molar-refractivity contribution in [2.45, 2.75) is 11.8 Å². The molecule has 5 rings (SSSR count). The number of halogens is 1. The molecule has 1 fully saturated rings. The third-order valence-electron chi connectivity index (χ3n) is 5.16. The van der Waals surface area contributed by atoms with Gasteiger partial charge in [0.05, 0.1) is 29.4 Å². The Morgan fingerprint density at radius 3 is 2.71 bits per heavy atom. The lowest BCUT2D eigenvalue weighted by atomic mass is 10.1. The predicted molar refractivity (Wildman–Crippen MR) is 149 cm³/mol. The van der Waals surface area contributed by atoms with E-state index in [0.717, 1.165) is 52.5 Å². The summed E-state index contributed by atoms with van der Waals surface area (Å²) in [5.41, 5.74) is 4.79. The van der Waals surface area contributed by atoms with Crippen molar-refractivity contribution in [1.29, 1.82) is 0 Å². The van der Waals surface area contributed by atoms with Crippen molar-refractivity contribution in [3.8, 4) is 11.3 Å². The maximum absolute atomic E-state index is 6.49. The van der Waals surface area contributed by atoms with Crippen LogP contribution in [-0.4, -0.2) is 42.8 Å². The van der Waals surface area contributed by atoms with Gasteiger partial charge in [0.15, 0.2) is 0 Å². The molecular formula is C26H27ClN4O2S2. The lowest BCUT2D eigenvalue weighted by molar-refractivity contribution is 0.184. The number of anilines is 2. The van der Waals surface area contributed by atoms with Gasteiger partial charge in [-0.05, 0) is 91.5 Å². The molecule has 2 aromatic heterocycles. The van der Waals surface area contributed by atoms with Gasteiger partial charge in [-0.1, -0.05) is 11.6 Å². The van der Waals surface area contributed by atoms with Crippen molar-refractivity contribution in [2.75, 3.05) is 41.8 Å². The molecule has 9 heteroatoms. The molecule has 35 heavy (non-hydrogen) atoms. The van der Waals surface area contributed by atoms with Gasteiger partial charge in [0.1, 0.15) is 5.94 Å². The highest BCUT2D eigenvalue weighted by atomic mass is 35.5. The first kappa shape index (κ1) is 25.6. The maximum atomic E-state index is 6.49. The molecule has 2 aromatic carbocycles. The molecule has 1 saturated heterocycles. The molecule has 0 radical (unpaired) electrons. The number of methoxy groups -OCH3 is 1. The third-order valence-corrected chi connectivity index (χ3v) is 7.31. The zero-order chi connectivity index (χ0) is 24.5. The fraction of sp³-hybridized carbons (Fsp3) is 0.231. The number of fused-ring (bicyclic) bond motifs is 1. The number of nitrogens with zero attached hydrogens (tertiary/aromatic N) is 3. The Labute approximate surface area is 219 Å². The molecule has 4 aromatic rings. The van der Waals surface area contributed by atoms with Gasteiger partial charge in [-0.25, -0.2) is 4.98 Å². The van der Waals surface area contributed by atoms with Crippen LogP contribution in [0.5, 0.6) is 0 Å². The summed E-state index contributed by atoms with van der Waals surface area (Å²) < 4.78 is 15.6. The fourth-order valence-corrected chi connectivity index (χ4v) is 4.92. The molecule has 0 spiro atoms. The van der Waals surface area contributed by atoms with E-state index in [-0.39, 0.29) is 0 Å². The van der Waals surface area contributed by atoms with Crippen molar-refractivity contribution >= 4 is 57.8 Å². The average Bonchev–Trinajstić information content (AvgIpc) is 2.93. The Kier molecular flexibility index (Phi) is 9.50. The second kappa shape index (κ2) is 13.0. The van der Waals surface area contributed by atoms with E-state index in [4.69, 9.17) is 21.3 Å². The molecule has 0 amide bonds. The number of rotatable bonds is 6. The molecule has 6 nitrogen and oxygen atoms in total. The van der Waals surface area contributed by atoms with Crippen molar-refractivity contribution in [3.05, 3.63) is 78.1 Å². The minimum Gasteiger partial charge on any atom is -0.385 e. The van der Waals surface area contributed by atoms with Crippen LogP contribution in [0.25, 0.3) is 22.2 Å². The van der Waals surface area contributed by atoms with Crippen molar-refractivity contribution in [2.24, 2.45) is 0 Å². The molecular weight excluding hydrogens is 500 g/mol. The molecule has 0 aliphatic carbocycles. The van der Waals surface area contributed by atoms with E-state index in [1.54, 1.807) is 37.2 Å². The molecule has 1 aliphatic heterocycles. The first-order chi connectivity index (χ1) is 17.2. The van der Waals surface area contributed by atoms with Crippen LogP contribution < -0.4 is 9.03 Å². The van der Waals surface area contributed by atoms with Crippen LogP contribution in [-0.2, 0) is 9.47 Å². The quantitative estimate of drug-likeness (QED) is 0.265. The Balaban J connectivity index is 0.000000672. The smallest absolute Gasteiger partial charge is 0.112 e. The summed E-state index contributed by atoms with van der Waals surface area (Å²) in [6, 6.07) is 20.3. The average molecular weight is 527 g/mol. The number of hydrogen-bond acceptors (Lipinski definition) is 8. The van der Waals surface area contributed by atoms with E-state index in [1.165, 1.54) is 5.69 Å². The van der Waals surface area contributed by atoms with Crippen molar-refractivity contribution < 1.29 is 9.47 Å². The highest BCUT2D eigenvalue weighted by molar-refractivity contribution is 8.00. The summed E-state index contributed by atoms with van der Waals surface area (Å²) in [5, 5.41) is 1.68. The van der Waals surface area contributed by atoms with Crippen LogP contribution in [0, 0.1) is 0 Å². The van der Waals surface area contributed by atoms with Gasteiger partial charge in [-0.15, -0.1) is 0 Å². The minimum absolute atomic E-state index is 0.670. The molecule has 1 N–H and O–H groups in total. The largest absolute Gasteiger partial charge is 0.385 e. The van der Waals surface area contributed by atoms with Gasteiger partial charge in [-0.2, -0.15) is 0 Å². The number of ether oxygens (including phenoxy) is 2. The molecule has 1 aliphatic rings. The highest BCUT2D eigenvalue weighted by Crippen LogP contribution is 2.33. The van der Waals surface area contributed by atoms with Crippen LogP contribution in [0.3, 0.4) is 0 Å². The number of pyridine rings is 2. The monoisotopic (exact) mass is 526 g/mol. The lowest BCUT2D eigenvalue weighted by Crippen LogP contribution is -2.26. The Hall–Kier alpha value is -2.49. The van der Waals surface area contributed by atoms with E-state index in [0.29, 0.717) is 11.0 Å². The number of benzene rings is 2. The number of nitrogens with one attached hydrogen (secondary N) is 1. The fourth-order valence-electron chi connectivity index (χ4n) is 3.27. The van der Waals surface area contributed by atoms with Gasteiger partial charge in [0.2, 0.25) is 0 Å². The summed E-state index contributed by atoms with van der Waals surface area (Å²) in [7, 11) is 1.68. The van der Waals surface area contributed by atoms with E-state index < -0.39 is 0 Å². The Morgan fingerprint density at radius 1 is 1.14 bits per heavy atom. The minimum atomic E-state index is 0.670. The standard InChI is InChI=1S/C23H19ClN4OS2.C3H8O/c24-21-7-2-17(13-20(21)23-8-1-16-14-25-10-9-22(16)26-23)27-31-19-5-3-18(4-6-19)28-11-12-29-15-30-28;1-3-4-2/h1-10,13-14,27H,11-12,15H2;3H2,1-2H3. The second-order valence-electron chi connectivity index (χ2n) is 7.49. The van der Waals surface area contributed by atoms with Crippen LogP contribution in [0.2, 0.25) is 5.02 Å². The topological polar surface area (TPSA) is 59.5 Å². The second-order valence-corrected chi connectivity index (χ2v) is 9.71. The Bertz CT molecular complexity index is 1240.